The van der Waals surface area contributed by atoms with Gasteiger partial charge in [0, 0.05) is 31.5 Å². The van der Waals surface area contributed by atoms with E-state index >= 15 is 0 Å². The number of hydrogen-bond acceptors (Lipinski definition) is 5. The zero-order chi connectivity index (χ0) is 20.7. The van der Waals surface area contributed by atoms with Crippen LogP contribution >= 0.6 is 0 Å². The molecule has 0 saturated heterocycles. The Hall–Kier alpha value is -3.22. The van der Waals surface area contributed by atoms with Gasteiger partial charge in [0.1, 0.15) is 0 Å². The number of anilines is 2. The fraction of sp³-hybridized carbons (Fsp3) is 0.333. The highest BCUT2D eigenvalue weighted by atomic mass is 16.5. The van der Waals surface area contributed by atoms with E-state index in [0.717, 1.165) is 11.3 Å². The molecule has 0 bridgehead atoms. The van der Waals surface area contributed by atoms with E-state index in [-0.39, 0.29) is 24.9 Å². The van der Waals surface area contributed by atoms with Gasteiger partial charge >= 0.3 is 0 Å². The number of nitrogens with one attached hydrogen (secondary N) is 1. The molecule has 0 saturated carbocycles. The predicted octanol–water partition coefficient (Wildman–Crippen LogP) is 2.55. The highest BCUT2D eigenvalue weighted by molar-refractivity contribution is 5.95. The fourth-order valence-electron chi connectivity index (χ4n) is 2.62. The van der Waals surface area contributed by atoms with Gasteiger partial charge in [-0.2, -0.15) is 0 Å². The van der Waals surface area contributed by atoms with Crippen LogP contribution in [0.4, 0.5) is 11.4 Å². The quantitative estimate of drug-likeness (QED) is 0.756. The van der Waals surface area contributed by atoms with E-state index in [2.05, 4.69) is 5.32 Å². The van der Waals surface area contributed by atoms with Crippen molar-refractivity contribution in [3.63, 3.8) is 0 Å². The minimum atomic E-state index is -0.242. The monoisotopic (exact) mass is 385 g/mol. The smallest absolute Gasteiger partial charge is 0.243 e. The Morgan fingerprint density at radius 1 is 0.929 bits per heavy atom. The molecule has 7 heteroatoms. The fourth-order valence-corrected chi connectivity index (χ4v) is 2.62. The second-order valence-corrected chi connectivity index (χ2v) is 6.56. The Labute approximate surface area is 165 Å². The molecule has 0 spiro atoms. The molecule has 2 aromatic rings. The minimum Gasteiger partial charge on any atom is -0.493 e. The van der Waals surface area contributed by atoms with Gasteiger partial charge in [0.05, 0.1) is 27.3 Å². The molecule has 0 fully saturated rings. The summed E-state index contributed by atoms with van der Waals surface area (Å²) in [6, 6.07) is 12.9. The molecule has 7 nitrogen and oxygen atoms in total. The van der Waals surface area contributed by atoms with Gasteiger partial charge in [0.2, 0.25) is 11.8 Å². The molecule has 1 N–H and O–H groups in total. The van der Waals surface area contributed by atoms with E-state index < -0.39 is 0 Å². The summed E-state index contributed by atoms with van der Waals surface area (Å²) < 4.78 is 10.5. The molecular formula is C21H27N3O4. The van der Waals surface area contributed by atoms with Crippen LogP contribution < -0.4 is 19.7 Å². The standard InChI is InChI=1S/C21H27N3O4/c1-15-6-8-16(9-7-15)22-20(25)13-24(3)21(26)14-23(2)17-10-11-18(27-4)19(12-17)28-5/h6-12H,13-14H2,1-5H3,(H,22,25). The van der Waals surface area contributed by atoms with Crippen molar-refractivity contribution in [3.8, 4) is 11.5 Å². The van der Waals surface area contributed by atoms with Crippen LogP contribution in [0.15, 0.2) is 42.5 Å². The largest absolute Gasteiger partial charge is 0.493 e. The van der Waals surface area contributed by atoms with Gasteiger partial charge in [-0.3, -0.25) is 9.59 Å². The third-order valence-electron chi connectivity index (χ3n) is 4.32. The van der Waals surface area contributed by atoms with Gasteiger partial charge in [0.15, 0.2) is 11.5 Å². The number of carbonyl (C=O) groups excluding carboxylic acids is 2. The van der Waals surface area contributed by atoms with Crippen molar-refractivity contribution in [3.05, 3.63) is 48.0 Å². The van der Waals surface area contributed by atoms with Crippen molar-refractivity contribution in [2.24, 2.45) is 0 Å². The summed E-state index contributed by atoms with van der Waals surface area (Å²) in [6.45, 7) is 2.09. The van der Waals surface area contributed by atoms with Crippen LogP contribution in [-0.4, -0.2) is 58.1 Å². The van der Waals surface area contributed by atoms with Crippen LogP contribution in [0.5, 0.6) is 11.5 Å². The molecule has 0 aliphatic rings. The molecule has 0 unspecified atom stereocenters. The van der Waals surface area contributed by atoms with E-state index in [1.807, 2.05) is 37.3 Å². The van der Waals surface area contributed by atoms with E-state index in [9.17, 15) is 9.59 Å². The summed E-state index contributed by atoms with van der Waals surface area (Å²) in [6.07, 6.45) is 0. The minimum absolute atomic E-state index is 0.0213. The highest BCUT2D eigenvalue weighted by Crippen LogP contribution is 2.31. The van der Waals surface area contributed by atoms with Crippen molar-refractivity contribution in [1.29, 1.82) is 0 Å². The van der Waals surface area contributed by atoms with Crippen LogP contribution in [0.1, 0.15) is 5.56 Å². The normalized spacial score (nSPS) is 10.2. The summed E-state index contributed by atoms with van der Waals surface area (Å²) in [5.74, 6) is 0.797. The highest BCUT2D eigenvalue weighted by Gasteiger charge is 2.16. The summed E-state index contributed by atoms with van der Waals surface area (Å²) in [5.41, 5.74) is 2.63. The number of nitrogens with zero attached hydrogens (tertiary/aromatic N) is 2. The number of aryl methyl sites for hydroxylation is 1. The van der Waals surface area contributed by atoms with Gasteiger partial charge in [-0.15, -0.1) is 0 Å². The van der Waals surface area contributed by atoms with Gasteiger partial charge in [-0.05, 0) is 31.2 Å². The van der Waals surface area contributed by atoms with Gasteiger partial charge in [-0.25, -0.2) is 0 Å². The maximum atomic E-state index is 12.5. The van der Waals surface area contributed by atoms with E-state index in [1.165, 1.54) is 4.90 Å². The van der Waals surface area contributed by atoms with Crippen LogP contribution in [-0.2, 0) is 9.59 Å². The third kappa shape index (κ3) is 5.64. The Kier molecular flexibility index (Phi) is 7.26. The number of carbonyl (C=O) groups is 2. The first-order valence-electron chi connectivity index (χ1n) is 8.87. The number of hydrogen-bond donors (Lipinski definition) is 1. The molecule has 2 aromatic carbocycles. The molecule has 2 rings (SSSR count). The number of amides is 2. The number of rotatable bonds is 8. The maximum Gasteiger partial charge on any atom is 0.243 e. The van der Waals surface area contributed by atoms with Gasteiger partial charge < -0.3 is 24.6 Å². The van der Waals surface area contributed by atoms with Crippen LogP contribution in [0.25, 0.3) is 0 Å². The number of methoxy groups -OCH3 is 2. The molecule has 0 aliphatic heterocycles. The zero-order valence-corrected chi connectivity index (χ0v) is 17.0. The second kappa shape index (κ2) is 9.64. The lowest BCUT2D eigenvalue weighted by molar-refractivity contribution is -0.132. The Bertz CT molecular complexity index is 821. The van der Waals surface area contributed by atoms with Crippen molar-refractivity contribution in [2.45, 2.75) is 6.92 Å². The van der Waals surface area contributed by atoms with E-state index in [4.69, 9.17) is 9.47 Å². The molecular weight excluding hydrogens is 358 g/mol. The van der Waals surface area contributed by atoms with Crippen molar-refractivity contribution >= 4 is 23.2 Å². The Balaban J connectivity index is 1.92. The van der Waals surface area contributed by atoms with E-state index in [1.54, 1.807) is 45.3 Å². The van der Waals surface area contributed by atoms with Crippen LogP contribution in [0.2, 0.25) is 0 Å². The molecule has 0 atom stereocenters. The third-order valence-corrected chi connectivity index (χ3v) is 4.32. The van der Waals surface area contributed by atoms with Gasteiger partial charge in [-0.1, -0.05) is 17.7 Å². The predicted molar refractivity (Wildman–Crippen MR) is 110 cm³/mol. The summed E-state index contributed by atoms with van der Waals surface area (Å²) >= 11 is 0. The topological polar surface area (TPSA) is 71.1 Å². The van der Waals surface area contributed by atoms with Crippen LogP contribution in [0.3, 0.4) is 0 Å². The SMILES string of the molecule is COc1ccc(N(C)CC(=O)N(C)CC(=O)Nc2ccc(C)cc2)cc1OC. The number of benzene rings is 2. The van der Waals surface area contributed by atoms with Crippen molar-refractivity contribution in [2.75, 3.05) is 51.6 Å². The lowest BCUT2D eigenvalue weighted by Gasteiger charge is -2.23. The number of ether oxygens (including phenoxy) is 2. The molecule has 0 aromatic heterocycles. The average molecular weight is 385 g/mol. The van der Waals surface area contributed by atoms with E-state index in [0.29, 0.717) is 17.2 Å². The first-order valence-corrected chi connectivity index (χ1v) is 8.87. The maximum absolute atomic E-state index is 12.5. The second-order valence-electron chi connectivity index (χ2n) is 6.56. The lowest BCUT2D eigenvalue weighted by atomic mass is 10.2. The molecule has 150 valence electrons. The zero-order valence-electron chi connectivity index (χ0n) is 17.0. The molecule has 28 heavy (non-hydrogen) atoms. The first kappa shape index (κ1) is 21.1. The van der Waals surface area contributed by atoms with Gasteiger partial charge in [0.25, 0.3) is 0 Å². The van der Waals surface area contributed by atoms with Crippen molar-refractivity contribution < 1.29 is 19.1 Å². The summed E-state index contributed by atoms with van der Waals surface area (Å²) in [4.78, 5) is 27.9. The molecule has 0 radical (unpaired) electrons. The summed E-state index contributed by atoms with van der Waals surface area (Å²) in [5, 5.41) is 2.79. The van der Waals surface area contributed by atoms with Crippen molar-refractivity contribution in [1.82, 2.24) is 4.90 Å². The Morgan fingerprint density at radius 3 is 2.18 bits per heavy atom. The molecule has 0 aliphatic carbocycles. The first-order chi connectivity index (χ1) is 13.3. The van der Waals surface area contributed by atoms with Crippen LogP contribution in [0, 0.1) is 6.92 Å². The molecule has 0 heterocycles. The number of likely N-dealkylation sites (N-methyl/N-ethyl adjacent to an activating group) is 2. The lowest BCUT2D eigenvalue weighted by Crippen LogP contribution is -2.40. The Morgan fingerprint density at radius 2 is 1.57 bits per heavy atom. The summed E-state index contributed by atoms with van der Waals surface area (Å²) in [7, 11) is 6.55. The molecule has 2 amide bonds. The average Bonchev–Trinajstić information content (AvgIpc) is 2.68.